The van der Waals surface area contributed by atoms with Crippen LogP contribution in [0.1, 0.15) is 10.4 Å². The predicted octanol–water partition coefficient (Wildman–Crippen LogP) is -0.170. The van der Waals surface area contributed by atoms with Gasteiger partial charge in [0.1, 0.15) is 18.3 Å². The Morgan fingerprint density at radius 3 is 3.05 bits per heavy atom. The van der Waals surface area contributed by atoms with Gasteiger partial charge in [-0.25, -0.2) is 4.98 Å². The number of rotatable bonds is 2. The van der Waals surface area contributed by atoms with Crippen LogP contribution in [0.25, 0.3) is 11.0 Å². The molecule has 2 fully saturated rings. The van der Waals surface area contributed by atoms with Crippen molar-refractivity contribution < 1.29 is 19.4 Å². The first-order valence-electron chi connectivity index (χ1n) is 7.27. The number of nitrogens with one attached hydrogen (secondary N) is 1. The molecule has 116 valence electrons. The Balaban J connectivity index is 1.51. The van der Waals surface area contributed by atoms with Crippen LogP contribution in [0.2, 0.25) is 0 Å². The van der Waals surface area contributed by atoms with E-state index in [2.05, 4.69) is 10.3 Å². The summed E-state index contributed by atoms with van der Waals surface area (Å²) in [5.41, 5.74) is 2.31. The van der Waals surface area contributed by atoms with Gasteiger partial charge < -0.3 is 24.5 Å². The molecule has 2 aliphatic heterocycles. The molecule has 7 heteroatoms. The van der Waals surface area contributed by atoms with Crippen molar-refractivity contribution in [3.8, 4) is 0 Å². The topological polar surface area (TPSA) is 85.6 Å². The molecule has 3 heterocycles. The van der Waals surface area contributed by atoms with Gasteiger partial charge in [-0.15, -0.1) is 0 Å². The number of fused-ring (bicyclic) bond motifs is 2. The van der Waals surface area contributed by atoms with Crippen LogP contribution in [-0.4, -0.2) is 58.1 Å². The van der Waals surface area contributed by atoms with Gasteiger partial charge in [0.15, 0.2) is 0 Å². The number of amides is 1. The fraction of sp³-hybridized carbons (Fsp3) is 0.467. The van der Waals surface area contributed by atoms with Gasteiger partial charge in [0.05, 0.1) is 36.6 Å². The lowest BCUT2D eigenvalue weighted by atomic mass is 10.1. The fourth-order valence-corrected chi connectivity index (χ4v) is 3.13. The van der Waals surface area contributed by atoms with Gasteiger partial charge in [0.25, 0.3) is 5.91 Å². The minimum atomic E-state index is -0.614. The van der Waals surface area contributed by atoms with E-state index in [1.165, 1.54) is 0 Å². The molecule has 1 aromatic heterocycles. The maximum atomic E-state index is 12.4. The molecule has 1 aromatic carbocycles. The molecule has 4 atom stereocenters. The smallest absolute Gasteiger partial charge is 0.251 e. The quantitative estimate of drug-likeness (QED) is 0.804. The molecule has 22 heavy (non-hydrogen) atoms. The summed E-state index contributed by atoms with van der Waals surface area (Å²) in [6.45, 7) is 0.603. The van der Waals surface area contributed by atoms with Gasteiger partial charge in [0.2, 0.25) is 0 Å². The van der Waals surface area contributed by atoms with Crippen molar-refractivity contribution in [2.45, 2.75) is 24.4 Å². The van der Waals surface area contributed by atoms with E-state index in [0.29, 0.717) is 12.2 Å². The lowest BCUT2D eigenvalue weighted by molar-refractivity contribution is 0.0178. The Hall–Kier alpha value is -1.96. The summed E-state index contributed by atoms with van der Waals surface area (Å²) in [5.74, 6) is -0.188. The van der Waals surface area contributed by atoms with Gasteiger partial charge in [-0.05, 0) is 18.2 Å². The largest absolute Gasteiger partial charge is 0.388 e. The summed E-state index contributed by atoms with van der Waals surface area (Å²) in [7, 11) is 1.91. The lowest BCUT2D eigenvalue weighted by Crippen LogP contribution is -2.44. The molecule has 0 bridgehead atoms. The number of aliphatic hydroxyl groups excluding tert-OH is 1. The van der Waals surface area contributed by atoms with Crippen molar-refractivity contribution in [3.05, 3.63) is 30.1 Å². The average Bonchev–Trinajstić information content (AvgIpc) is 3.18. The highest BCUT2D eigenvalue weighted by Gasteiger charge is 2.47. The van der Waals surface area contributed by atoms with E-state index >= 15 is 0 Å². The van der Waals surface area contributed by atoms with E-state index in [0.717, 1.165) is 11.0 Å². The molecule has 0 aliphatic carbocycles. The van der Waals surface area contributed by atoms with Crippen molar-refractivity contribution in [2.24, 2.45) is 7.05 Å². The Bertz CT molecular complexity index is 729. The number of nitrogens with zero attached hydrogens (tertiary/aromatic N) is 2. The first-order valence-corrected chi connectivity index (χ1v) is 7.27. The minimum absolute atomic E-state index is 0.188. The number of imidazole rings is 1. The van der Waals surface area contributed by atoms with Crippen LogP contribution in [0.15, 0.2) is 24.5 Å². The summed E-state index contributed by atoms with van der Waals surface area (Å²) >= 11 is 0. The number of aryl methyl sites for hydroxylation is 1. The maximum Gasteiger partial charge on any atom is 0.251 e. The highest BCUT2D eigenvalue weighted by Crippen LogP contribution is 2.27. The van der Waals surface area contributed by atoms with Gasteiger partial charge in [-0.3, -0.25) is 4.79 Å². The molecular formula is C15H17N3O4. The van der Waals surface area contributed by atoms with Gasteiger partial charge >= 0.3 is 0 Å². The molecule has 0 saturated carbocycles. The first-order chi connectivity index (χ1) is 10.6. The summed E-state index contributed by atoms with van der Waals surface area (Å²) in [6, 6.07) is 5.18. The Morgan fingerprint density at radius 1 is 1.36 bits per heavy atom. The van der Waals surface area contributed by atoms with Crippen LogP contribution in [-0.2, 0) is 16.5 Å². The zero-order chi connectivity index (χ0) is 15.3. The average molecular weight is 303 g/mol. The Kier molecular flexibility index (Phi) is 3.14. The normalized spacial score (nSPS) is 30.6. The molecular weight excluding hydrogens is 286 g/mol. The third kappa shape index (κ3) is 2.09. The molecule has 2 N–H and O–H groups in total. The van der Waals surface area contributed by atoms with Crippen molar-refractivity contribution >= 4 is 16.9 Å². The number of hydrogen-bond acceptors (Lipinski definition) is 5. The SMILES string of the molecule is Cn1cnc2cc(C(=O)N[C@H]3CO[C@H]4[C@@H]3OC[C@@H]4O)ccc21. The van der Waals surface area contributed by atoms with E-state index in [1.807, 2.05) is 17.7 Å². The first kappa shape index (κ1) is 13.7. The third-order valence-electron chi connectivity index (χ3n) is 4.33. The second kappa shape index (κ2) is 5.05. The fourth-order valence-electron chi connectivity index (χ4n) is 3.13. The van der Waals surface area contributed by atoms with Crippen LogP contribution in [0.4, 0.5) is 0 Å². The zero-order valence-electron chi connectivity index (χ0n) is 12.1. The molecule has 2 aromatic rings. The number of benzene rings is 1. The Labute approximate surface area is 126 Å². The number of hydrogen-bond donors (Lipinski definition) is 2. The number of aliphatic hydroxyl groups is 1. The second-order valence-electron chi connectivity index (χ2n) is 5.80. The van der Waals surface area contributed by atoms with Crippen LogP contribution in [0.3, 0.4) is 0 Å². The highest BCUT2D eigenvalue weighted by atomic mass is 16.6. The number of ether oxygens (including phenoxy) is 2. The molecule has 0 unspecified atom stereocenters. The summed E-state index contributed by atoms with van der Waals surface area (Å²) in [5, 5.41) is 12.6. The van der Waals surface area contributed by atoms with Crippen LogP contribution in [0.5, 0.6) is 0 Å². The summed E-state index contributed by atoms with van der Waals surface area (Å²) < 4.78 is 12.9. The summed E-state index contributed by atoms with van der Waals surface area (Å²) in [6.07, 6.45) is 0.480. The van der Waals surface area contributed by atoms with Crippen LogP contribution >= 0.6 is 0 Å². The van der Waals surface area contributed by atoms with Gasteiger partial charge in [-0.1, -0.05) is 0 Å². The molecule has 4 rings (SSSR count). The van der Waals surface area contributed by atoms with Crippen molar-refractivity contribution in [1.82, 2.24) is 14.9 Å². The lowest BCUT2D eigenvalue weighted by Gasteiger charge is -2.17. The number of carbonyl (C=O) groups excluding carboxylic acids is 1. The molecule has 7 nitrogen and oxygen atoms in total. The zero-order valence-corrected chi connectivity index (χ0v) is 12.1. The van der Waals surface area contributed by atoms with E-state index in [1.54, 1.807) is 18.5 Å². The summed E-state index contributed by atoms with van der Waals surface area (Å²) in [4.78, 5) is 16.7. The van der Waals surface area contributed by atoms with Crippen molar-refractivity contribution in [2.75, 3.05) is 13.2 Å². The van der Waals surface area contributed by atoms with E-state index in [4.69, 9.17) is 9.47 Å². The number of carbonyl (C=O) groups is 1. The second-order valence-corrected chi connectivity index (χ2v) is 5.80. The highest BCUT2D eigenvalue weighted by molar-refractivity contribution is 5.97. The van der Waals surface area contributed by atoms with E-state index in [9.17, 15) is 9.90 Å². The molecule has 0 radical (unpaired) electrons. The number of aromatic nitrogens is 2. The van der Waals surface area contributed by atoms with Crippen molar-refractivity contribution in [3.63, 3.8) is 0 Å². The minimum Gasteiger partial charge on any atom is -0.388 e. The molecule has 1 amide bonds. The van der Waals surface area contributed by atoms with Gasteiger partial charge in [-0.2, -0.15) is 0 Å². The molecule has 0 spiro atoms. The maximum absolute atomic E-state index is 12.4. The molecule has 2 saturated heterocycles. The Morgan fingerprint density at radius 2 is 2.18 bits per heavy atom. The van der Waals surface area contributed by atoms with Gasteiger partial charge in [0, 0.05) is 12.6 Å². The molecule has 2 aliphatic rings. The predicted molar refractivity (Wildman–Crippen MR) is 77.5 cm³/mol. The standard InChI is InChI=1S/C15H17N3O4/c1-18-7-16-9-4-8(2-3-11(9)18)15(20)17-10-5-21-14-12(19)6-22-13(10)14/h2-4,7,10,12-14,19H,5-6H2,1H3,(H,17,20)/t10-,12-,13+,14+/m0/s1. The van der Waals surface area contributed by atoms with Crippen LogP contribution in [0, 0.1) is 0 Å². The van der Waals surface area contributed by atoms with Crippen molar-refractivity contribution in [1.29, 1.82) is 0 Å². The van der Waals surface area contributed by atoms with E-state index in [-0.39, 0.29) is 30.8 Å². The van der Waals surface area contributed by atoms with Crippen LogP contribution < -0.4 is 5.32 Å². The van der Waals surface area contributed by atoms with E-state index < -0.39 is 6.10 Å². The third-order valence-corrected chi connectivity index (χ3v) is 4.33. The monoisotopic (exact) mass is 303 g/mol.